The summed E-state index contributed by atoms with van der Waals surface area (Å²) in [5, 5.41) is 2.82. The highest BCUT2D eigenvalue weighted by molar-refractivity contribution is 6.01. The zero-order valence-corrected chi connectivity index (χ0v) is 12.6. The van der Waals surface area contributed by atoms with Crippen molar-refractivity contribution < 1.29 is 24.1 Å². The van der Waals surface area contributed by atoms with E-state index in [1.54, 1.807) is 24.3 Å². The Hall–Kier alpha value is -1.92. The van der Waals surface area contributed by atoms with Gasteiger partial charge in [0, 0.05) is 0 Å². The third-order valence-corrected chi connectivity index (χ3v) is 3.83. The van der Waals surface area contributed by atoms with E-state index in [2.05, 4.69) is 12.4 Å². The number of hydrogen-bond acceptors (Lipinski definition) is 3. The van der Waals surface area contributed by atoms with Crippen LogP contribution in [0.3, 0.4) is 0 Å². The third-order valence-electron chi connectivity index (χ3n) is 3.83. The first-order valence-corrected chi connectivity index (χ1v) is 7.22. The maximum atomic E-state index is 12.1. The van der Waals surface area contributed by atoms with Gasteiger partial charge >= 0.3 is 5.97 Å². The Morgan fingerprint density at radius 3 is 2.52 bits per heavy atom. The molecule has 21 heavy (non-hydrogen) atoms. The Bertz CT molecular complexity index is 511. The summed E-state index contributed by atoms with van der Waals surface area (Å²) in [5.74, 6) is -0.512. The molecule has 0 aromatic heterocycles. The zero-order chi connectivity index (χ0) is 15.2. The van der Waals surface area contributed by atoms with Crippen LogP contribution in [0, 0.1) is 0 Å². The van der Waals surface area contributed by atoms with Crippen LogP contribution < -0.4 is 15.1 Å². The van der Waals surface area contributed by atoms with Crippen LogP contribution in [0.5, 0.6) is 0 Å². The number of anilines is 1. The van der Waals surface area contributed by atoms with Crippen molar-refractivity contribution in [1.29, 1.82) is 0 Å². The molecule has 1 saturated heterocycles. The quantitative estimate of drug-likeness (QED) is 0.553. The van der Waals surface area contributed by atoms with Crippen LogP contribution in [-0.4, -0.2) is 58.8 Å². The summed E-state index contributed by atoms with van der Waals surface area (Å²) in [6, 6.07) is 6.89. The number of hydrogen-bond donors (Lipinski definition) is 3. The Labute approximate surface area is 124 Å². The lowest BCUT2D eigenvalue weighted by Crippen LogP contribution is -3.27. The summed E-state index contributed by atoms with van der Waals surface area (Å²) in [5.41, 5.74) is 0.889. The minimum absolute atomic E-state index is 0.0686. The number of carbonyl (C=O) groups is 2. The maximum Gasteiger partial charge on any atom is 0.339 e. The van der Waals surface area contributed by atoms with Crippen molar-refractivity contribution in [2.45, 2.75) is 0 Å². The maximum absolute atomic E-state index is 12.1. The summed E-state index contributed by atoms with van der Waals surface area (Å²) in [6.07, 6.45) is 0. The number of piperazine rings is 1. The van der Waals surface area contributed by atoms with Crippen molar-refractivity contribution in [2.24, 2.45) is 0 Å². The van der Waals surface area contributed by atoms with E-state index in [4.69, 9.17) is 4.74 Å². The van der Waals surface area contributed by atoms with E-state index in [9.17, 15) is 9.59 Å². The summed E-state index contributed by atoms with van der Waals surface area (Å²) in [6.45, 7) is 4.60. The van der Waals surface area contributed by atoms with Crippen LogP contribution in [0.1, 0.15) is 10.4 Å². The summed E-state index contributed by atoms with van der Waals surface area (Å²) in [7, 11) is 3.50. The van der Waals surface area contributed by atoms with Gasteiger partial charge in [-0.05, 0) is 12.1 Å². The largest absolute Gasteiger partial charge is 0.465 e. The van der Waals surface area contributed by atoms with Gasteiger partial charge in [-0.3, -0.25) is 4.79 Å². The normalized spacial score (nSPS) is 21.6. The van der Waals surface area contributed by atoms with E-state index in [1.165, 1.54) is 16.9 Å². The topological polar surface area (TPSA) is 64.3 Å². The molecule has 2 rings (SSSR count). The highest BCUT2D eigenvalue weighted by Crippen LogP contribution is 2.15. The fourth-order valence-electron chi connectivity index (χ4n) is 2.51. The molecule has 0 radical (unpaired) electrons. The monoisotopic (exact) mass is 293 g/mol. The molecular weight excluding hydrogens is 270 g/mol. The second-order valence-corrected chi connectivity index (χ2v) is 5.47. The second kappa shape index (κ2) is 7.19. The number of esters is 1. The molecule has 0 spiro atoms. The average molecular weight is 293 g/mol. The first-order valence-electron chi connectivity index (χ1n) is 7.22. The first kappa shape index (κ1) is 15.5. The standard InChI is InChI=1S/C15H21N3O3/c1-17-7-9-18(10-8-17)11-14(19)16-13-6-4-3-5-12(13)15(20)21-2/h3-6H,7-11H2,1-2H3,(H,16,19)/p+2. The molecule has 6 nitrogen and oxygen atoms in total. The number of nitrogens with one attached hydrogen (secondary N) is 3. The minimum Gasteiger partial charge on any atom is -0.465 e. The molecule has 1 aliphatic rings. The molecule has 1 heterocycles. The predicted octanol–water partition coefficient (Wildman–Crippen LogP) is -2.18. The molecule has 1 aromatic carbocycles. The number of benzene rings is 1. The van der Waals surface area contributed by atoms with Crippen molar-refractivity contribution in [3.8, 4) is 0 Å². The molecule has 0 saturated carbocycles. The molecule has 1 aliphatic heterocycles. The van der Waals surface area contributed by atoms with Crippen LogP contribution in [0.2, 0.25) is 0 Å². The van der Waals surface area contributed by atoms with Crippen LogP contribution in [-0.2, 0) is 9.53 Å². The second-order valence-electron chi connectivity index (χ2n) is 5.47. The van der Waals surface area contributed by atoms with E-state index in [0.717, 1.165) is 26.2 Å². The molecule has 114 valence electrons. The van der Waals surface area contributed by atoms with Crippen molar-refractivity contribution in [3.05, 3.63) is 29.8 Å². The number of carbonyl (C=O) groups excluding carboxylic acids is 2. The molecule has 6 heteroatoms. The van der Waals surface area contributed by atoms with Crippen molar-refractivity contribution in [3.63, 3.8) is 0 Å². The van der Waals surface area contributed by atoms with Gasteiger partial charge < -0.3 is 19.9 Å². The van der Waals surface area contributed by atoms with Gasteiger partial charge in [0.2, 0.25) is 0 Å². The van der Waals surface area contributed by atoms with E-state index < -0.39 is 5.97 Å². The molecule has 1 aromatic rings. The van der Waals surface area contributed by atoms with Gasteiger partial charge in [-0.15, -0.1) is 0 Å². The van der Waals surface area contributed by atoms with Crippen LogP contribution >= 0.6 is 0 Å². The number of methoxy groups -OCH3 is 1. The van der Waals surface area contributed by atoms with Crippen LogP contribution in [0.25, 0.3) is 0 Å². The highest BCUT2D eigenvalue weighted by Gasteiger charge is 2.23. The highest BCUT2D eigenvalue weighted by atomic mass is 16.5. The zero-order valence-electron chi connectivity index (χ0n) is 12.6. The Balaban J connectivity index is 1.95. The lowest BCUT2D eigenvalue weighted by atomic mass is 10.2. The van der Waals surface area contributed by atoms with Crippen molar-refractivity contribution in [1.82, 2.24) is 0 Å². The number of likely N-dealkylation sites (N-methyl/N-ethyl adjacent to an activating group) is 1. The average Bonchev–Trinajstić information content (AvgIpc) is 2.49. The van der Waals surface area contributed by atoms with Crippen molar-refractivity contribution >= 4 is 17.6 Å². The fourth-order valence-corrected chi connectivity index (χ4v) is 2.51. The molecule has 0 unspecified atom stereocenters. The Morgan fingerprint density at radius 1 is 1.19 bits per heavy atom. The van der Waals surface area contributed by atoms with Gasteiger partial charge in [-0.25, -0.2) is 4.79 Å². The van der Waals surface area contributed by atoms with Crippen LogP contribution in [0.4, 0.5) is 5.69 Å². The summed E-state index contributed by atoms with van der Waals surface area (Å²) >= 11 is 0. The molecule has 0 atom stereocenters. The van der Waals surface area contributed by atoms with E-state index in [-0.39, 0.29) is 5.91 Å². The summed E-state index contributed by atoms with van der Waals surface area (Å²) in [4.78, 5) is 26.6. The molecule has 3 N–H and O–H groups in total. The van der Waals surface area contributed by atoms with Crippen molar-refractivity contribution in [2.75, 3.05) is 52.2 Å². The minimum atomic E-state index is -0.443. The molecule has 1 fully saturated rings. The first-order chi connectivity index (χ1) is 10.1. The van der Waals surface area contributed by atoms with Crippen LogP contribution in [0.15, 0.2) is 24.3 Å². The van der Waals surface area contributed by atoms with Gasteiger partial charge in [0.1, 0.15) is 26.2 Å². The van der Waals surface area contributed by atoms with E-state index >= 15 is 0 Å². The number of ether oxygens (including phenoxy) is 1. The molecular formula is C15H23N3O3+2. The smallest absolute Gasteiger partial charge is 0.339 e. The van der Waals surface area contributed by atoms with E-state index in [1.807, 2.05) is 0 Å². The van der Waals surface area contributed by atoms with Gasteiger partial charge in [0.25, 0.3) is 5.91 Å². The van der Waals surface area contributed by atoms with Gasteiger partial charge in [0.05, 0.1) is 25.4 Å². The lowest BCUT2D eigenvalue weighted by Gasteiger charge is -2.26. The number of quaternary nitrogens is 2. The lowest BCUT2D eigenvalue weighted by molar-refractivity contribution is -0.999. The SMILES string of the molecule is COC(=O)c1ccccc1NC(=O)C[NH+]1CC[NH+](C)CC1. The van der Waals surface area contributed by atoms with Gasteiger partial charge in [-0.1, -0.05) is 12.1 Å². The molecule has 0 aliphatic carbocycles. The van der Waals surface area contributed by atoms with Gasteiger partial charge in [-0.2, -0.15) is 0 Å². The van der Waals surface area contributed by atoms with E-state index in [0.29, 0.717) is 17.8 Å². The Kier molecular flexibility index (Phi) is 5.30. The molecule has 1 amide bonds. The summed E-state index contributed by atoms with van der Waals surface area (Å²) < 4.78 is 4.72. The number of amides is 1. The number of para-hydroxylation sites is 1. The number of rotatable bonds is 4. The predicted molar refractivity (Wildman–Crippen MR) is 78.6 cm³/mol. The fraction of sp³-hybridized carbons (Fsp3) is 0.467. The Morgan fingerprint density at radius 2 is 1.86 bits per heavy atom. The van der Waals surface area contributed by atoms with Gasteiger partial charge in [0.15, 0.2) is 6.54 Å². The third kappa shape index (κ3) is 4.27. The molecule has 0 bridgehead atoms.